The van der Waals surface area contributed by atoms with Crippen LogP contribution in [0.5, 0.6) is 0 Å². The third-order valence-electron chi connectivity index (χ3n) is 20.6. The molecule has 0 spiro atoms. The molecule has 0 aromatic rings. The Balaban J connectivity index is 3.18. The molecule has 5 unspecified atom stereocenters. The van der Waals surface area contributed by atoms with Crippen LogP contribution in [0.15, 0.2) is 0 Å². The van der Waals surface area contributed by atoms with Crippen LogP contribution >= 0.6 is 0 Å². The molecule has 1 aliphatic rings. The van der Waals surface area contributed by atoms with E-state index in [0.29, 0.717) is 136 Å². The minimum Gasteiger partial charge on any atom is -0.466 e. The van der Waals surface area contributed by atoms with Crippen LogP contribution < -0.4 is 0 Å². The zero-order valence-corrected chi connectivity index (χ0v) is 71.4. The molecular formula is C86H157N5O20. The molecule has 1 fully saturated rings. The second kappa shape index (κ2) is 71.1. The summed E-state index contributed by atoms with van der Waals surface area (Å²) in [6.07, 6.45) is 26.7. The minimum atomic E-state index is -0.386. The summed E-state index contributed by atoms with van der Waals surface area (Å²) >= 11 is 0. The molecule has 0 aromatic carbocycles. The second-order valence-electron chi connectivity index (χ2n) is 30.6. The number of hydrogen-bond donors (Lipinski definition) is 0. The molecule has 1 rings (SSSR count). The summed E-state index contributed by atoms with van der Waals surface area (Å²) in [5, 5.41) is 0. The molecule has 0 amide bonds. The topological polar surface area (TPSA) is 279 Å². The lowest BCUT2D eigenvalue weighted by molar-refractivity contribution is -0.150. The predicted octanol–water partition coefficient (Wildman–Crippen LogP) is 14.3. The maximum Gasteiger partial charge on any atom is 0.308 e. The Bertz CT molecular complexity index is 2360. The third kappa shape index (κ3) is 58.9. The van der Waals surface area contributed by atoms with Crippen LogP contribution in [0.4, 0.5) is 0 Å². The fourth-order valence-corrected chi connectivity index (χ4v) is 12.6. The largest absolute Gasteiger partial charge is 0.466 e. The molecule has 0 radical (unpaired) electrons. The maximum absolute atomic E-state index is 13.4. The number of rotatable bonds is 75. The van der Waals surface area contributed by atoms with Crippen LogP contribution in [0.2, 0.25) is 0 Å². The first-order valence-corrected chi connectivity index (χ1v) is 43.9. The number of piperazine rings is 1. The van der Waals surface area contributed by atoms with Gasteiger partial charge in [-0.25, -0.2) is 0 Å². The summed E-state index contributed by atoms with van der Waals surface area (Å²) in [5.41, 5.74) is 0. The van der Waals surface area contributed by atoms with E-state index >= 15 is 0 Å². The molecule has 0 aromatic heterocycles. The summed E-state index contributed by atoms with van der Waals surface area (Å²) in [7, 11) is 0. The molecule has 111 heavy (non-hydrogen) atoms. The Morgan fingerprint density at radius 2 is 0.459 bits per heavy atom. The average Bonchev–Trinajstić information content (AvgIpc) is 0.892. The highest BCUT2D eigenvalue weighted by Gasteiger charge is 2.24. The van der Waals surface area contributed by atoms with Crippen molar-refractivity contribution in [3.63, 3.8) is 0 Å². The lowest BCUT2D eigenvalue weighted by Crippen LogP contribution is -2.50. The Labute approximate surface area is 670 Å². The fourth-order valence-electron chi connectivity index (χ4n) is 12.6. The van der Waals surface area contributed by atoms with E-state index in [1.54, 1.807) is 0 Å². The van der Waals surface area contributed by atoms with Gasteiger partial charge in [-0.05, 0) is 103 Å². The van der Waals surface area contributed by atoms with Gasteiger partial charge in [-0.1, -0.05) is 166 Å². The van der Waals surface area contributed by atoms with Crippen LogP contribution in [-0.2, 0) is 95.3 Å². The maximum atomic E-state index is 13.4. The van der Waals surface area contributed by atoms with Crippen molar-refractivity contribution >= 4 is 59.7 Å². The van der Waals surface area contributed by atoms with Crippen LogP contribution in [0.3, 0.4) is 0 Å². The highest BCUT2D eigenvalue weighted by Crippen LogP contribution is 2.19. The molecule has 1 saturated heterocycles. The Morgan fingerprint density at radius 3 is 0.694 bits per heavy atom. The number of esters is 10. The molecule has 646 valence electrons. The van der Waals surface area contributed by atoms with Crippen LogP contribution in [0.25, 0.3) is 0 Å². The normalized spacial score (nSPS) is 14.0. The van der Waals surface area contributed by atoms with Gasteiger partial charge in [-0.15, -0.1) is 0 Å². The highest BCUT2D eigenvalue weighted by molar-refractivity contribution is 5.74. The lowest BCUT2D eigenvalue weighted by Gasteiger charge is -2.37. The number of hydrogen-bond acceptors (Lipinski definition) is 25. The molecule has 25 nitrogen and oxygen atoms in total. The predicted molar refractivity (Wildman–Crippen MR) is 432 cm³/mol. The smallest absolute Gasteiger partial charge is 0.308 e. The fraction of sp³-hybridized carbons (Fsp3) is 0.884. The first-order valence-electron chi connectivity index (χ1n) is 43.9. The molecule has 5 atom stereocenters. The Hall–Kier alpha value is -5.50. The number of carbonyl (C=O) groups excluding carboxylic acids is 10. The summed E-state index contributed by atoms with van der Waals surface area (Å²) < 4.78 is 55.7. The van der Waals surface area contributed by atoms with E-state index in [4.69, 9.17) is 47.4 Å². The van der Waals surface area contributed by atoms with Gasteiger partial charge in [-0.2, -0.15) is 0 Å². The van der Waals surface area contributed by atoms with Crippen molar-refractivity contribution in [3.05, 3.63) is 0 Å². The van der Waals surface area contributed by atoms with E-state index in [1.807, 2.05) is 39.5 Å². The van der Waals surface area contributed by atoms with Crippen molar-refractivity contribution in [2.45, 2.75) is 300 Å². The first-order chi connectivity index (χ1) is 53.7. The van der Waals surface area contributed by atoms with E-state index in [2.05, 4.69) is 54.2 Å². The molecule has 0 N–H and O–H groups in total. The summed E-state index contributed by atoms with van der Waals surface area (Å²) in [6, 6.07) is 0. The zero-order valence-electron chi connectivity index (χ0n) is 71.4. The van der Waals surface area contributed by atoms with Gasteiger partial charge in [-0.3, -0.25) is 57.7 Å². The Kier molecular flexibility index (Phi) is 66.3. The van der Waals surface area contributed by atoms with E-state index < -0.39 is 0 Å². The van der Waals surface area contributed by atoms with Crippen molar-refractivity contribution in [1.29, 1.82) is 0 Å². The van der Waals surface area contributed by atoms with E-state index in [-0.39, 0.29) is 187 Å². The van der Waals surface area contributed by atoms with E-state index in [1.165, 1.54) is 0 Å². The van der Waals surface area contributed by atoms with Crippen molar-refractivity contribution in [3.8, 4) is 0 Å². The van der Waals surface area contributed by atoms with Gasteiger partial charge in [0.15, 0.2) is 0 Å². The van der Waals surface area contributed by atoms with Gasteiger partial charge < -0.3 is 62.1 Å². The average molecular weight is 1580 g/mol. The summed E-state index contributed by atoms with van der Waals surface area (Å²) in [4.78, 5) is 140. The van der Waals surface area contributed by atoms with E-state index in [0.717, 1.165) is 161 Å². The van der Waals surface area contributed by atoms with Gasteiger partial charge in [0.1, 0.15) is 0 Å². The van der Waals surface area contributed by atoms with Crippen molar-refractivity contribution < 1.29 is 95.3 Å². The number of ether oxygens (including phenoxy) is 10. The van der Waals surface area contributed by atoms with Crippen LogP contribution in [0, 0.1) is 29.6 Å². The quantitative estimate of drug-likeness (QED) is 0.0311. The molecule has 0 aliphatic carbocycles. The van der Waals surface area contributed by atoms with E-state index in [9.17, 15) is 47.9 Å². The SMILES string of the molecule is CCCCCC(C)C(=O)OCCCCOC(=O)CCN(CCC(=O)OCCCCOC(=O)C(CC)CCCCC)CCN(CCC(=O)OCCCCOC(=O)C(C)CCCCC)CCN1CCN(CCN(CCC(=O)OCCCCOC(=O)C(C)CCCCC)CCC(=O)OCCCCOC(=O)C(C)CCCCC)CC1. The molecule has 1 aliphatic heterocycles. The van der Waals surface area contributed by atoms with Gasteiger partial charge in [0.2, 0.25) is 0 Å². The standard InChI is InChI=1S/C86H157N5O20/c1-11-17-22-37-72(7)82(97)107-67-32-27-62-102-77(92)42-47-87(48-43-78(93)105-66-31-36-71-111-86(101)76(16-6)41-26-21-15-5)52-54-89(51-46-81(96)106-65-30-35-70-110-85(100)75(10)40-25-20-14-4)55-57-91-60-58-90(59-61-91)56-53-88(49-44-79(94)103-63-28-33-68-108-83(98)73(8)38-23-18-12-2)50-45-80(95)104-64-29-34-69-109-84(99)74(9)39-24-19-13-3/h72-76H,11-71H2,1-10H3. The monoisotopic (exact) mass is 1580 g/mol. The number of nitrogens with zero attached hydrogens (tertiary/aromatic N) is 5. The van der Waals surface area contributed by atoms with Gasteiger partial charge in [0.25, 0.3) is 0 Å². The zero-order chi connectivity index (χ0) is 81.8. The Morgan fingerprint density at radius 1 is 0.252 bits per heavy atom. The van der Waals surface area contributed by atoms with Crippen LogP contribution in [-0.4, -0.2) is 248 Å². The van der Waals surface area contributed by atoms with Gasteiger partial charge in [0.05, 0.1) is 128 Å². The first kappa shape index (κ1) is 104. The van der Waals surface area contributed by atoms with Crippen molar-refractivity contribution in [1.82, 2.24) is 24.5 Å². The van der Waals surface area contributed by atoms with Crippen molar-refractivity contribution in [2.24, 2.45) is 29.6 Å². The molecular weight excluding hydrogens is 1420 g/mol. The van der Waals surface area contributed by atoms with Crippen LogP contribution in [0.1, 0.15) is 300 Å². The van der Waals surface area contributed by atoms with Gasteiger partial charge in [0, 0.05) is 98.2 Å². The van der Waals surface area contributed by atoms with Gasteiger partial charge >= 0.3 is 59.7 Å². The number of unbranched alkanes of at least 4 members (excludes halogenated alkanes) is 15. The third-order valence-corrected chi connectivity index (χ3v) is 20.6. The molecule has 0 saturated carbocycles. The molecule has 1 heterocycles. The summed E-state index contributed by atoms with van der Waals surface area (Å²) in [6.45, 7) is 31.0. The van der Waals surface area contributed by atoms with Crippen molar-refractivity contribution in [2.75, 3.05) is 164 Å². The second-order valence-corrected chi connectivity index (χ2v) is 30.6. The number of carbonyl (C=O) groups is 10. The molecule has 25 heteroatoms. The minimum absolute atomic E-state index is 0.0717. The molecule has 0 bridgehead atoms. The lowest BCUT2D eigenvalue weighted by atomic mass is 9.99. The highest BCUT2D eigenvalue weighted by atomic mass is 16.6. The summed E-state index contributed by atoms with van der Waals surface area (Å²) in [5.74, 6) is -3.49.